The summed E-state index contributed by atoms with van der Waals surface area (Å²) in [6.07, 6.45) is 3.30. The average molecular weight is 316 g/mol. The van der Waals surface area contributed by atoms with Gasteiger partial charge in [-0.05, 0) is 38.3 Å². The second-order valence-electron chi connectivity index (χ2n) is 5.70. The molecule has 1 N–H and O–H groups in total. The molecule has 0 radical (unpaired) electrons. The van der Waals surface area contributed by atoms with Gasteiger partial charge in [0, 0.05) is 11.6 Å². The number of nitro benzene ring substituents is 1. The highest BCUT2D eigenvalue weighted by Gasteiger charge is 2.35. The first-order chi connectivity index (χ1) is 9.65. The first kappa shape index (κ1) is 15.8. The first-order valence-electron chi connectivity index (χ1n) is 6.63. The van der Waals surface area contributed by atoms with Crippen LogP contribution < -0.4 is 4.72 Å². The van der Waals surface area contributed by atoms with Gasteiger partial charge in [-0.25, -0.2) is 13.1 Å². The minimum atomic E-state index is -3.93. The minimum Gasteiger partial charge on any atom is -0.258 e. The van der Waals surface area contributed by atoms with Gasteiger partial charge in [0.25, 0.3) is 0 Å². The third kappa shape index (κ3) is 3.21. The van der Waals surface area contributed by atoms with E-state index in [4.69, 9.17) is 0 Å². The average Bonchev–Trinajstić information content (AvgIpc) is 2.73. The lowest BCUT2D eigenvalue weighted by Gasteiger charge is -2.25. The van der Waals surface area contributed by atoms with Gasteiger partial charge in [0.1, 0.15) is 0 Å². The summed E-state index contributed by atoms with van der Waals surface area (Å²) in [6, 6.07) is 1.66. The Labute approximate surface area is 122 Å². The third-order valence-corrected chi connectivity index (χ3v) is 5.60. The van der Waals surface area contributed by atoms with Crippen LogP contribution in [0.3, 0.4) is 0 Å². The molecule has 6 nitrogen and oxygen atoms in total. The molecule has 116 valence electrons. The Hall–Kier alpha value is -1.54. The number of nitrogens with one attached hydrogen (secondary N) is 1. The fourth-order valence-corrected chi connectivity index (χ4v) is 4.42. The number of nitro groups is 1. The van der Waals surface area contributed by atoms with E-state index in [1.54, 1.807) is 0 Å². The maximum atomic E-state index is 13.5. The zero-order chi connectivity index (χ0) is 15.8. The molecular formula is C13H17FN2O4S. The van der Waals surface area contributed by atoms with Crippen LogP contribution in [-0.4, -0.2) is 18.9 Å². The quantitative estimate of drug-likeness (QED) is 0.683. The van der Waals surface area contributed by atoms with Crippen LogP contribution in [0.1, 0.15) is 38.2 Å². The lowest BCUT2D eigenvalue weighted by atomic mass is 10.0. The van der Waals surface area contributed by atoms with Gasteiger partial charge in [-0.2, -0.15) is 4.39 Å². The number of benzene rings is 1. The molecule has 1 aromatic carbocycles. The van der Waals surface area contributed by atoms with Crippen molar-refractivity contribution in [1.82, 2.24) is 4.72 Å². The van der Waals surface area contributed by atoms with E-state index in [1.807, 2.05) is 6.92 Å². The molecule has 1 aromatic rings. The maximum Gasteiger partial charge on any atom is 0.306 e. The van der Waals surface area contributed by atoms with Crippen LogP contribution in [0.25, 0.3) is 0 Å². The number of nitrogens with zero attached hydrogens (tertiary/aromatic N) is 1. The van der Waals surface area contributed by atoms with Crippen LogP contribution in [0, 0.1) is 22.9 Å². The molecule has 0 amide bonds. The van der Waals surface area contributed by atoms with Gasteiger partial charge >= 0.3 is 5.69 Å². The molecule has 1 saturated carbocycles. The highest BCUT2D eigenvalue weighted by atomic mass is 32.2. The molecule has 1 aliphatic rings. The van der Waals surface area contributed by atoms with Gasteiger partial charge in [0.05, 0.1) is 9.82 Å². The lowest BCUT2D eigenvalue weighted by Crippen LogP contribution is -2.43. The summed E-state index contributed by atoms with van der Waals surface area (Å²) in [5.74, 6) is -1.04. The third-order valence-electron chi connectivity index (χ3n) is 3.82. The lowest BCUT2D eigenvalue weighted by molar-refractivity contribution is -0.387. The predicted molar refractivity (Wildman–Crippen MR) is 75.0 cm³/mol. The number of hydrogen-bond donors (Lipinski definition) is 1. The van der Waals surface area contributed by atoms with E-state index in [9.17, 15) is 22.9 Å². The van der Waals surface area contributed by atoms with Crippen molar-refractivity contribution >= 4 is 15.7 Å². The van der Waals surface area contributed by atoms with Crippen molar-refractivity contribution in [2.75, 3.05) is 0 Å². The molecule has 0 atom stereocenters. The van der Waals surface area contributed by atoms with Crippen LogP contribution in [0.15, 0.2) is 17.0 Å². The fraction of sp³-hybridized carbons (Fsp3) is 0.538. The Kier molecular flexibility index (Phi) is 4.03. The summed E-state index contributed by atoms with van der Waals surface area (Å²) < 4.78 is 41.0. The van der Waals surface area contributed by atoms with Crippen molar-refractivity contribution in [1.29, 1.82) is 0 Å². The Balaban J connectivity index is 2.44. The monoisotopic (exact) mass is 316 g/mol. The molecule has 0 unspecified atom stereocenters. The Morgan fingerprint density at radius 3 is 2.43 bits per heavy atom. The van der Waals surface area contributed by atoms with Crippen molar-refractivity contribution in [3.8, 4) is 0 Å². The normalized spacial score (nSPS) is 17.9. The van der Waals surface area contributed by atoms with E-state index >= 15 is 0 Å². The van der Waals surface area contributed by atoms with E-state index < -0.39 is 32.0 Å². The van der Waals surface area contributed by atoms with Gasteiger partial charge in [0.2, 0.25) is 15.8 Å². The molecular weight excluding hydrogens is 299 g/mol. The molecule has 2 rings (SSSR count). The van der Waals surface area contributed by atoms with Gasteiger partial charge in [-0.3, -0.25) is 10.1 Å². The summed E-state index contributed by atoms with van der Waals surface area (Å²) in [6.45, 7) is 3.23. The number of hydrogen-bond acceptors (Lipinski definition) is 4. The molecule has 21 heavy (non-hydrogen) atoms. The number of halogens is 1. The maximum absolute atomic E-state index is 13.5. The van der Waals surface area contributed by atoms with Gasteiger partial charge in [-0.15, -0.1) is 0 Å². The Morgan fingerprint density at radius 2 is 1.90 bits per heavy atom. The summed E-state index contributed by atoms with van der Waals surface area (Å²) in [7, 11) is -3.93. The van der Waals surface area contributed by atoms with Crippen LogP contribution in [0.2, 0.25) is 0 Å². The first-order valence-corrected chi connectivity index (χ1v) is 8.11. The smallest absolute Gasteiger partial charge is 0.258 e. The summed E-state index contributed by atoms with van der Waals surface area (Å²) >= 11 is 0. The van der Waals surface area contributed by atoms with Gasteiger partial charge in [0.15, 0.2) is 0 Å². The zero-order valence-corrected chi connectivity index (χ0v) is 12.7. The molecule has 0 spiro atoms. The minimum absolute atomic E-state index is 0.146. The van der Waals surface area contributed by atoms with Crippen LogP contribution in [-0.2, 0) is 10.0 Å². The van der Waals surface area contributed by atoms with Crippen LogP contribution in [0.5, 0.6) is 0 Å². The topological polar surface area (TPSA) is 89.3 Å². The molecule has 8 heteroatoms. The van der Waals surface area contributed by atoms with Crippen molar-refractivity contribution in [2.24, 2.45) is 0 Å². The van der Waals surface area contributed by atoms with Crippen LogP contribution >= 0.6 is 0 Å². The molecule has 0 aromatic heterocycles. The largest absolute Gasteiger partial charge is 0.306 e. The number of rotatable bonds is 4. The molecule has 1 fully saturated rings. The molecule has 0 heterocycles. The Bertz CT molecular complexity index is 682. The fourth-order valence-electron chi connectivity index (χ4n) is 2.71. The SMILES string of the molecule is Cc1cc(F)c([N+](=O)[O-])cc1S(=O)(=O)NC1(C)CCCC1. The number of sulfonamides is 1. The molecule has 0 aliphatic heterocycles. The second kappa shape index (κ2) is 5.34. The number of aryl methyl sites for hydroxylation is 1. The van der Waals surface area contributed by atoms with E-state index in [0.717, 1.165) is 25.0 Å². The summed E-state index contributed by atoms with van der Waals surface area (Å²) in [5, 5.41) is 10.8. The van der Waals surface area contributed by atoms with E-state index in [2.05, 4.69) is 4.72 Å². The van der Waals surface area contributed by atoms with Crippen molar-refractivity contribution in [3.63, 3.8) is 0 Å². The molecule has 1 aliphatic carbocycles. The van der Waals surface area contributed by atoms with Crippen molar-refractivity contribution in [3.05, 3.63) is 33.6 Å². The highest BCUT2D eigenvalue weighted by Crippen LogP contribution is 2.32. The van der Waals surface area contributed by atoms with E-state index in [-0.39, 0.29) is 10.5 Å². The van der Waals surface area contributed by atoms with Gasteiger partial charge < -0.3 is 0 Å². The van der Waals surface area contributed by atoms with Crippen LogP contribution in [0.4, 0.5) is 10.1 Å². The highest BCUT2D eigenvalue weighted by molar-refractivity contribution is 7.89. The standard InChI is InChI=1S/C13H17FN2O4S/c1-9-7-10(14)11(16(17)18)8-12(9)21(19,20)15-13(2)5-3-4-6-13/h7-8,15H,3-6H2,1-2H3. The van der Waals surface area contributed by atoms with E-state index in [1.165, 1.54) is 6.92 Å². The van der Waals surface area contributed by atoms with Crippen molar-refractivity contribution in [2.45, 2.75) is 50.0 Å². The van der Waals surface area contributed by atoms with Gasteiger partial charge in [-0.1, -0.05) is 12.8 Å². The summed E-state index contributed by atoms with van der Waals surface area (Å²) in [5.41, 5.74) is -1.24. The second-order valence-corrected chi connectivity index (χ2v) is 7.35. The zero-order valence-electron chi connectivity index (χ0n) is 11.8. The summed E-state index contributed by atoms with van der Waals surface area (Å²) in [4.78, 5) is 9.60. The predicted octanol–water partition coefficient (Wildman–Crippen LogP) is 2.65. The molecule has 0 bridgehead atoms. The van der Waals surface area contributed by atoms with Crippen molar-refractivity contribution < 1.29 is 17.7 Å². The van der Waals surface area contributed by atoms with E-state index in [0.29, 0.717) is 12.8 Å². The Morgan fingerprint density at radius 1 is 1.33 bits per heavy atom. The molecule has 0 saturated heterocycles.